The van der Waals surface area contributed by atoms with Crippen molar-refractivity contribution < 1.29 is 9.90 Å². The molecule has 4 saturated carbocycles. The van der Waals surface area contributed by atoms with E-state index >= 15 is 0 Å². The van der Waals surface area contributed by atoms with Crippen LogP contribution in [0.4, 0.5) is 0 Å². The fourth-order valence-electron chi connectivity index (χ4n) is 6.94. The van der Waals surface area contributed by atoms with Gasteiger partial charge in [-0.25, -0.2) is 0 Å². The number of fused-ring (bicyclic) bond motifs is 5. The van der Waals surface area contributed by atoms with Crippen LogP contribution in [0.15, 0.2) is 0 Å². The molecule has 4 aliphatic carbocycles. The van der Waals surface area contributed by atoms with Crippen LogP contribution in [-0.2, 0) is 4.79 Å². The zero-order chi connectivity index (χ0) is 14.8. The molecule has 0 aromatic rings. The van der Waals surface area contributed by atoms with Crippen molar-refractivity contribution in [2.45, 2.75) is 77.7 Å². The number of carbonyl (C=O) groups excluding carboxylic acids is 1. The second-order valence-electron chi connectivity index (χ2n) is 9.02. The Morgan fingerprint density at radius 1 is 1.05 bits per heavy atom. The van der Waals surface area contributed by atoms with E-state index in [0.717, 1.165) is 38.0 Å². The summed E-state index contributed by atoms with van der Waals surface area (Å²) in [5, 5.41) is 10.0. The van der Waals surface area contributed by atoms with Gasteiger partial charge in [0.15, 0.2) is 0 Å². The largest absolute Gasteiger partial charge is 0.393 e. The van der Waals surface area contributed by atoms with Crippen LogP contribution < -0.4 is 0 Å². The molecule has 0 aromatic carbocycles. The lowest BCUT2D eigenvalue weighted by atomic mass is 9.45. The molecule has 0 radical (unpaired) electrons. The molecule has 4 aliphatic rings. The predicted molar refractivity (Wildman–Crippen MR) is 82.7 cm³/mol. The summed E-state index contributed by atoms with van der Waals surface area (Å²) in [6, 6.07) is 0. The van der Waals surface area contributed by atoms with Crippen molar-refractivity contribution in [1.29, 1.82) is 0 Å². The maximum absolute atomic E-state index is 12.9. The van der Waals surface area contributed by atoms with Crippen molar-refractivity contribution in [3.05, 3.63) is 0 Å². The monoisotopic (exact) mass is 290 g/mol. The third kappa shape index (κ3) is 1.84. The van der Waals surface area contributed by atoms with Crippen LogP contribution >= 0.6 is 0 Å². The minimum Gasteiger partial charge on any atom is -0.393 e. The van der Waals surface area contributed by atoms with Crippen LogP contribution in [0, 0.1) is 34.5 Å². The number of hydrogen-bond acceptors (Lipinski definition) is 2. The normalized spacial score (nSPS) is 56.5. The maximum Gasteiger partial charge on any atom is 0.139 e. The topological polar surface area (TPSA) is 37.3 Å². The second kappa shape index (κ2) is 4.57. The standard InChI is InChI=1S/C19H30O2/c1-18-9-7-13(20)10-12(18)5-6-14-15-4-3-8-19(15,2)17(21)11-16(14)18/h12-16,20H,3-11H2,1-2H3/t12?,13?,14-,15-,16-,18-,19+/m0/s1. The van der Waals surface area contributed by atoms with Gasteiger partial charge < -0.3 is 5.11 Å². The Bertz CT molecular complexity index is 458. The van der Waals surface area contributed by atoms with Gasteiger partial charge in [0.2, 0.25) is 0 Å². The van der Waals surface area contributed by atoms with E-state index in [4.69, 9.17) is 0 Å². The van der Waals surface area contributed by atoms with E-state index in [1.165, 1.54) is 25.7 Å². The van der Waals surface area contributed by atoms with Crippen molar-refractivity contribution >= 4 is 5.78 Å². The number of aliphatic hydroxyl groups is 1. The van der Waals surface area contributed by atoms with Crippen molar-refractivity contribution in [1.82, 2.24) is 0 Å². The van der Waals surface area contributed by atoms with Gasteiger partial charge in [-0.1, -0.05) is 20.3 Å². The van der Waals surface area contributed by atoms with Crippen molar-refractivity contribution in [3.63, 3.8) is 0 Å². The minimum absolute atomic E-state index is 0.0124. The highest BCUT2D eigenvalue weighted by molar-refractivity contribution is 5.86. The quantitative estimate of drug-likeness (QED) is 0.733. The van der Waals surface area contributed by atoms with E-state index < -0.39 is 0 Å². The summed E-state index contributed by atoms with van der Waals surface area (Å²) in [4.78, 5) is 12.9. The minimum atomic E-state index is -0.0873. The van der Waals surface area contributed by atoms with Gasteiger partial charge in [0.05, 0.1) is 6.10 Å². The number of aliphatic hydroxyl groups excluding tert-OH is 1. The Morgan fingerprint density at radius 3 is 2.67 bits per heavy atom. The van der Waals surface area contributed by atoms with Crippen LogP contribution in [0.25, 0.3) is 0 Å². The lowest BCUT2D eigenvalue weighted by Crippen LogP contribution is -2.55. The molecule has 0 heterocycles. The Morgan fingerprint density at radius 2 is 1.86 bits per heavy atom. The van der Waals surface area contributed by atoms with Gasteiger partial charge in [-0.3, -0.25) is 4.79 Å². The summed E-state index contributed by atoms with van der Waals surface area (Å²) < 4.78 is 0. The summed E-state index contributed by atoms with van der Waals surface area (Å²) in [6.45, 7) is 4.72. The molecule has 21 heavy (non-hydrogen) atoms. The molecule has 2 nitrogen and oxygen atoms in total. The molecule has 0 aromatic heterocycles. The smallest absolute Gasteiger partial charge is 0.139 e. The van der Waals surface area contributed by atoms with E-state index in [0.29, 0.717) is 29.0 Å². The fourth-order valence-corrected chi connectivity index (χ4v) is 6.94. The summed E-state index contributed by atoms with van der Waals surface area (Å²) in [5.41, 5.74) is 0.334. The lowest BCUT2D eigenvalue weighted by Gasteiger charge is -2.59. The second-order valence-corrected chi connectivity index (χ2v) is 9.02. The van der Waals surface area contributed by atoms with Gasteiger partial charge in [-0.05, 0) is 74.0 Å². The molecule has 0 amide bonds. The molecule has 0 spiro atoms. The Balaban J connectivity index is 1.67. The van der Waals surface area contributed by atoms with Crippen molar-refractivity contribution in [2.24, 2.45) is 34.5 Å². The van der Waals surface area contributed by atoms with Gasteiger partial charge in [-0.15, -0.1) is 0 Å². The highest BCUT2D eigenvalue weighted by Gasteiger charge is 2.60. The number of Topliss-reactive ketones (excluding diaryl/α,β-unsaturated/α-hetero) is 1. The van der Waals surface area contributed by atoms with E-state index in [2.05, 4.69) is 13.8 Å². The third-order valence-corrected chi connectivity index (χ3v) is 8.31. The molecule has 0 bridgehead atoms. The van der Waals surface area contributed by atoms with Gasteiger partial charge in [-0.2, -0.15) is 0 Å². The first kappa shape index (κ1) is 14.2. The fraction of sp³-hybridized carbons (Fsp3) is 0.947. The Hall–Kier alpha value is -0.370. The molecule has 2 unspecified atom stereocenters. The lowest BCUT2D eigenvalue weighted by molar-refractivity contribution is -0.155. The highest BCUT2D eigenvalue weighted by Crippen LogP contribution is 2.65. The van der Waals surface area contributed by atoms with Crippen molar-refractivity contribution in [3.8, 4) is 0 Å². The van der Waals surface area contributed by atoms with Gasteiger partial charge in [0.25, 0.3) is 0 Å². The number of hydrogen-bond donors (Lipinski definition) is 1. The van der Waals surface area contributed by atoms with Crippen LogP contribution in [0.1, 0.15) is 71.6 Å². The molecule has 1 N–H and O–H groups in total. The Kier molecular flexibility index (Phi) is 3.10. The SMILES string of the molecule is C[C@@]12CCC[C@H]1[C@@H]1CCC3CC(O)CC[C@]3(C)[C@H]1CC2=O. The van der Waals surface area contributed by atoms with Gasteiger partial charge >= 0.3 is 0 Å². The van der Waals surface area contributed by atoms with Gasteiger partial charge in [0, 0.05) is 11.8 Å². The van der Waals surface area contributed by atoms with E-state index in [1.54, 1.807) is 0 Å². The molecular weight excluding hydrogens is 260 g/mol. The summed E-state index contributed by atoms with van der Waals surface area (Å²) >= 11 is 0. The molecule has 4 fully saturated rings. The van der Waals surface area contributed by atoms with Crippen LogP contribution in [0.2, 0.25) is 0 Å². The summed E-state index contributed by atoms with van der Waals surface area (Å²) in [5.74, 6) is 3.27. The molecule has 118 valence electrons. The van der Waals surface area contributed by atoms with Gasteiger partial charge in [0.1, 0.15) is 5.78 Å². The summed E-state index contributed by atoms with van der Waals surface area (Å²) in [6.07, 6.45) is 10.1. The van der Waals surface area contributed by atoms with E-state index in [9.17, 15) is 9.90 Å². The van der Waals surface area contributed by atoms with Crippen LogP contribution in [-0.4, -0.2) is 17.0 Å². The maximum atomic E-state index is 12.9. The first-order valence-electron chi connectivity index (χ1n) is 9.16. The zero-order valence-corrected chi connectivity index (χ0v) is 13.6. The third-order valence-electron chi connectivity index (χ3n) is 8.31. The molecular formula is C19H30O2. The molecule has 4 rings (SSSR count). The van der Waals surface area contributed by atoms with Crippen molar-refractivity contribution in [2.75, 3.05) is 0 Å². The van der Waals surface area contributed by atoms with Crippen LogP contribution in [0.5, 0.6) is 0 Å². The predicted octanol–water partition coefficient (Wildman–Crippen LogP) is 3.96. The van der Waals surface area contributed by atoms with E-state index in [1.807, 2.05) is 0 Å². The molecule has 0 aliphatic heterocycles. The number of rotatable bonds is 0. The first-order chi connectivity index (χ1) is 9.95. The first-order valence-corrected chi connectivity index (χ1v) is 9.16. The molecule has 2 heteroatoms. The number of carbonyl (C=O) groups is 1. The molecule has 7 atom stereocenters. The van der Waals surface area contributed by atoms with E-state index in [-0.39, 0.29) is 11.5 Å². The highest BCUT2D eigenvalue weighted by atomic mass is 16.3. The number of ketones is 1. The molecule has 0 saturated heterocycles. The zero-order valence-electron chi connectivity index (χ0n) is 13.6. The average Bonchev–Trinajstić information content (AvgIpc) is 2.85. The average molecular weight is 290 g/mol. The summed E-state index contributed by atoms with van der Waals surface area (Å²) in [7, 11) is 0. The van der Waals surface area contributed by atoms with Crippen LogP contribution in [0.3, 0.4) is 0 Å². The Labute approximate surface area is 128 Å².